The zero-order chi connectivity index (χ0) is 15.8. The number of anilines is 2. The van der Waals surface area contributed by atoms with E-state index in [0.717, 1.165) is 44.2 Å². The molecule has 1 N–H and O–H groups in total. The lowest BCUT2D eigenvalue weighted by Crippen LogP contribution is -2.27. The molecule has 4 nitrogen and oxygen atoms in total. The number of aryl methyl sites for hydroxylation is 1. The molecule has 2 aromatic rings. The Kier molecular flexibility index (Phi) is 6.19. The summed E-state index contributed by atoms with van der Waals surface area (Å²) in [5, 5.41) is 3.39. The Morgan fingerprint density at radius 1 is 1.09 bits per heavy atom. The highest BCUT2D eigenvalue weighted by molar-refractivity contribution is 5.42. The molecule has 0 unspecified atom stereocenters. The van der Waals surface area contributed by atoms with Gasteiger partial charge in [0.05, 0.1) is 0 Å². The van der Waals surface area contributed by atoms with Crippen LogP contribution in [0.15, 0.2) is 36.5 Å². The molecule has 0 bridgehead atoms. The van der Waals surface area contributed by atoms with Crippen molar-refractivity contribution in [2.75, 3.05) is 23.3 Å². The number of nitrogens with zero attached hydrogens (tertiary/aromatic N) is 3. The second-order valence-corrected chi connectivity index (χ2v) is 5.57. The van der Waals surface area contributed by atoms with Crippen LogP contribution in [-0.4, -0.2) is 23.1 Å². The van der Waals surface area contributed by atoms with Crippen LogP contribution in [0.4, 0.5) is 11.8 Å². The van der Waals surface area contributed by atoms with E-state index in [1.807, 2.05) is 12.3 Å². The molecule has 0 aliphatic rings. The van der Waals surface area contributed by atoms with Crippen molar-refractivity contribution in [3.05, 3.63) is 47.7 Å². The van der Waals surface area contributed by atoms with Crippen LogP contribution in [0.1, 0.15) is 37.8 Å². The molecule has 0 spiro atoms. The lowest BCUT2D eigenvalue weighted by molar-refractivity contribution is 0.721. The van der Waals surface area contributed by atoms with E-state index in [9.17, 15) is 0 Å². The van der Waals surface area contributed by atoms with Crippen molar-refractivity contribution in [2.45, 2.75) is 40.2 Å². The Balaban J connectivity index is 2.04. The Bertz CT molecular complexity index is 577. The Hall–Kier alpha value is -2.10. The lowest BCUT2D eigenvalue weighted by Gasteiger charge is -2.21. The number of hydrogen-bond donors (Lipinski definition) is 1. The van der Waals surface area contributed by atoms with Crippen LogP contribution in [-0.2, 0) is 6.54 Å². The topological polar surface area (TPSA) is 41.1 Å². The largest absolute Gasteiger partial charge is 0.366 e. The summed E-state index contributed by atoms with van der Waals surface area (Å²) in [7, 11) is 0. The molecule has 1 aromatic heterocycles. The Labute approximate surface area is 133 Å². The van der Waals surface area contributed by atoms with E-state index in [1.54, 1.807) is 0 Å². The second-order valence-electron chi connectivity index (χ2n) is 5.57. The van der Waals surface area contributed by atoms with E-state index in [4.69, 9.17) is 0 Å². The van der Waals surface area contributed by atoms with Crippen molar-refractivity contribution < 1.29 is 0 Å². The SMILES string of the molecule is CCCN(CCC)c1nccc(NCc2cccc(C)c2)n1. The summed E-state index contributed by atoms with van der Waals surface area (Å²) >= 11 is 0. The molecular formula is C18H26N4. The van der Waals surface area contributed by atoms with Crippen molar-refractivity contribution >= 4 is 11.8 Å². The molecule has 0 aliphatic heterocycles. The maximum Gasteiger partial charge on any atom is 0.227 e. The smallest absolute Gasteiger partial charge is 0.227 e. The molecule has 0 atom stereocenters. The average molecular weight is 298 g/mol. The molecule has 4 heteroatoms. The molecule has 0 saturated heterocycles. The maximum absolute atomic E-state index is 4.65. The fourth-order valence-corrected chi connectivity index (χ4v) is 2.47. The van der Waals surface area contributed by atoms with Gasteiger partial charge >= 0.3 is 0 Å². The summed E-state index contributed by atoms with van der Waals surface area (Å²) in [6.45, 7) is 9.24. The minimum absolute atomic E-state index is 0.777. The molecule has 0 radical (unpaired) electrons. The van der Waals surface area contributed by atoms with Crippen LogP contribution in [0, 0.1) is 6.92 Å². The van der Waals surface area contributed by atoms with Crippen LogP contribution in [0.5, 0.6) is 0 Å². The van der Waals surface area contributed by atoms with Crippen molar-refractivity contribution in [3.8, 4) is 0 Å². The fraction of sp³-hybridized carbons (Fsp3) is 0.444. The number of rotatable bonds is 8. The first-order chi connectivity index (χ1) is 10.7. The van der Waals surface area contributed by atoms with Gasteiger partial charge in [0.15, 0.2) is 0 Å². The van der Waals surface area contributed by atoms with Crippen molar-refractivity contribution in [3.63, 3.8) is 0 Å². The van der Waals surface area contributed by atoms with E-state index < -0.39 is 0 Å². The third-order valence-corrected chi connectivity index (χ3v) is 3.47. The Morgan fingerprint density at radius 3 is 2.55 bits per heavy atom. The molecule has 2 rings (SSSR count). The normalized spacial score (nSPS) is 10.5. The monoisotopic (exact) mass is 298 g/mol. The third-order valence-electron chi connectivity index (χ3n) is 3.47. The summed E-state index contributed by atoms with van der Waals surface area (Å²) in [6, 6.07) is 10.4. The summed E-state index contributed by atoms with van der Waals surface area (Å²) in [4.78, 5) is 11.3. The number of hydrogen-bond acceptors (Lipinski definition) is 4. The van der Waals surface area contributed by atoms with Gasteiger partial charge in [0.2, 0.25) is 5.95 Å². The number of benzene rings is 1. The summed E-state index contributed by atoms with van der Waals surface area (Å²) < 4.78 is 0. The first-order valence-electron chi connectivity index (χ1n) is 8.10. The predicted octanol–water partition coefficient (Wildman–Crippen LogP) is 4.02. The van der Waals surface area contributed by atoms with Gasteiger partial charge in [0, 0.05) is 25.8 Å². The van der Waals surface area contributed by atoms with Gasteiger partial charge in [-0.25, -0.2) is 4.98 Å². The standard InChI is InChI=1S/C18H26N4/c1-4-11-22(12-5-2)18-19-10-9-17(21-18)20-14-16-8-6-7-15(3)13-16/h6-10,13H,4-5,11-12,14H2,1-3H3,(H,19,20,21). The molecule has 1 heterocycles. The van der Waals surface area contributed by atoms with Crippen molar-refractivity contribution in [2.24, 2.45) is 0 Å². The van der Waals surface area contributed by atoms with Crippen LogP contribution in [0.25, 0.3) is 0 Å². The highest BCUT2D eigenvalue weighted by atomic mass is 15.3. The maximum atomic E-state index is 4.65. The minimum atomic E-state index is 0.777. The van der Waals surface area contributed by atoms with Crippen LogP contribution in [0.3, 0.4) is 0 Å². The van der Waals surface area contributed by atoms with Crippen LogP contribution in [0.2, 0.25) is 0 Å². The van der Waals surface area contributed by atoms with Gasteiger partial charge in [-0.3, -0.25) is 0 Å². The molecule has 1 aromatic carbocycles. The molecule has 0 aliphatic carbocycles. The zero-order valence-electron chi connectivity index (χ0n) is 13.8. The van der Waals surface area contributed by atoms with Crippen molar-refractivity contribution in [1.29, 1.82) is 0 Å². The minimum Gasteiger partial charge on any atom is -0.366 e. The lowest BCUT2D eigenvalue weighted by atomic mass is 10.1. The van der Waals surface area contributed by atoms with E-state index in [2.05, 4.69) is 65.2 Å². The second kappa shape index (κ2) is 8.37. The van der Waals surface area contributed by atoms with Gasteiger partial charge in [0.1, 0.15) is 5.82 Å². The molecular weight excluding hydrogens is 272 g/mol. The molecule has 22 heavy (non-hydrogen) atoms. The van der Waals surface area contributed by atoms with E-state index >= 15 is 0 Å². The molecule has 0 saturated carbocycles. The first kappa shape index (κ1) is 16.3. The zero-order valence-corrected chi connectivity index (χ0v) is 13.8. The molecule has 118 valence electrons. The molecule has 0 amide bonds. The van der Waals surface area contributed by atoms with Gasteiger partial charge in [-0.15, -0.1) is 0 Å². The van der Waals surface area contributed by atoms with Crippen molar-refractivity contribution in [1.82, 2.24) is 9.97 Å². The van der Waals surface area contributed by atoms with Gasteiger partial charge in [-0.05, 0) is 31.4 Å². The van der Waals surface area contributed by atoms with Gasteiger partial charge in [-0.1, -0.05) is 43.7 Å². The van der Waals surface area contributed by atoms with Gasteiger partial charge in [0.25, 0.3) is 0 Å². The quantitative estimate of drug-likeness (QED) is 0.799. The summed E-state index contributed by atoms with van der Waals surface area (Å²) in [5.41, 5.74) is 2.54. The highest BCUT2D eigenvalue weighted by Crippen LogP contribution is 2.13. The van der Waals surface area contributed by atoms with Gasteiger partial charge in [-0.2, -0.15) is 4.98 Å². The van der Waals surface area contributed by atoms with E-state index in [0.29, 0.717) is 0 Å². The van der Waals surface area contributed by atoms with Gasteiger partial charge < -0.3 is 10.2 Å². The number of nitrogens with one attached hydrogen (secondary N) is 1. The highest BCUT2D eigenvalue weighted by Gasteiger charge is 2.08. The third kappa shape index (κ3) is 4.72. The van der Waals surface area contributed by atoms with E-state index in [-0.39, 0.29) is 0 Å². The van der Waals surface area contributed by atoms with E-state index in [1.165, 1.54) is 11.1 Å². The van der Waals surface area contributed by atoms with Crippen LogP contribution < -0.4 is 10.2 Å². The summed E-state index contributed by atoms with van der Waals surface area (Å²) in [6.07, 6.45) is 4.04. The summed E-state index contributed by atoms with van der Waals surface area (Å²) in [5.74, 6) is 1.70. The average Bonchev–Trinajstić information content (AvgIpc) is 2.53. The molecule has 0 fully saturated rings. The first-order valence-corrected chi connectivity index (χ1v) is 8.10. The Morgan fingerprint density at radius 2 is 1.86 bits per heavy atom. The number of aromatic nitrogens is 2. The predicted molar refractivity (Wildman–Crippen MR) is 93.3 cm³/mol. The van der Waals surface area contributed by atoms with Crippen LogP contribution >= 0.6 is 0 Å². The fourth-order valence-electron chi connectivity index (χ4n) is 2.47.